The van der Waals surface area contributed by atoms with Crippen molar-refractivity contribution < 1.29 is 27.5 Å². The number of sulfone groups is 1. The van der Waals surface area contributed by atoms with Crippen LogP contribution in [0.15, 0.2) is 30.3 Å². The highest BCUT2D eigenvalue weighted by Crippen LogP contribution is 2.59. The van der Waals surface area contributed by atoms with Gasteiger partial charge in [0, 0.05) is 11.7 Å². The van der Waals surface area contributed by atoms with E-state index in [0.717, 1.165) is 6.26 Å². The lowest BCUT2D eigenvalue weighted by Crippen LogP contribution is -2.53. The van der Waals surface area contributed by atoms with Gasteiger partial charge < -0.3 is 14.8 Å². The van der Waals surface area contributed by atoms with Crippen molar-refractivity contribution in [2.45, 2.75) is 70.1 Å². The summed E-state index contributed by atoms with van der Waals surface area (Å²) in [5.74, 6) is -0.984. The van der Waals surface area contributed by atoms with Crippen LogP contribution in [-0.2, 0) is 29.5 Å². The summed E-state index contributed by atoms with van der Waals surface area (Å²) < 4.78 is 35.5. The average molecular weight is 426 g/mol. The molecule has 0 spiro atoms. The molecule has 1 saturated carbocycles. The Bertz CT molecular complexity index is 882. The molecule has 2 rings (SSSR count). The van der Waals surface area contributed by atoms with Gasteiger partial charge in [0.2, 0.25) is 0 Å². The van der Waals surface area contributed by atoms with Crippen molar-refractivity contribution in [1.29, 1.82) is 0 Å². The lowest BCUT2D eigenvalue weighted by molar-refractivity contribution is -0.159. The lowest BCUT2D eigenvalue weighted by atomic mass is 9.92. The van der Waals surface area contributed by atoms with Crippen LogP contribution in [0.2, 0.25) is 0 Å². The Morgan fingerprint density at radius 2 is 1.52 bits per heavy atom. The van der Waals surface area contributed by atoms with Crippen LogP contribution in [-0.4, -0.2) is 49.2 Å². The van der Waals surface area contributed by atoms with Gasteiger partial charge >= 0.3 is 12.1 Å². The summed E-state index contributed by atoms with van der Waals surface area (Å²) in [5.41, 5.74) is -3.61. The molecule has 2 atom stereocenters. The van der Waals surface area contributed by atoms with Gasteiger partial charge in [0.05, 0.1) is 5.75 Å². The minimum atomic E-state index is -3.49. The van der Waals surface area contributed by atoms with Gasteiger partial charge in [0.25, 0.3) is 0 Å². The van der Waals surface area contributed by atoms with Gasteiger partial charge in [-0.2, -0.15) is 0 Å². The Kier molecular flexibility index (Phi) is 5.84. The minimum absolute atomic E-state index is 0.102. The third-order valence-corrected chi connectivity index (χ3v) is 5.57. The van der Waals surface area contributed by atoms with E-state index in [-0.39, 0.29) is 12.2 Å². The van der Waals surface area contributed by atoms with Gasteiger partial charge in [0.15, 0.2) is 5.54 Å². The predicted molar refractivity (Wildman–Crippen MR) is 110 cm³/mol. The minimum Gasteiger partial charge on any atom is -0.458 e. The second-order valence-electron chi connectivity index (χ2n) is 9.73. The Hall–Kier alpha value is -2.09. The van der Waals surface area contributed by atoms with Gasteiger partial charge in [0.1, 0.15) is 21.0 Å². The number of esters is 1. The van der Waals surface area contributed by atoms with Crippen LogP contribution in [0.25, 0.3) is 0 Å². The highest BCUT2D eigenvalue weighted by atomic mass is 32.2. The van der Waals surface area contributed by atoms with E-state index in [0.29, 0.717) is 5.56 Å². The zero-order chi connectivity index (χ0) is 22.3. The van der Waals surface area contributed by atoms with E-state index in [1.165, 1.54) is 0 Å². The summed E-state index contributed by atoms with van der Waals surface area (Å²) in [7, 11) is -3.49. The molecular formula is C21H31NO6S. The number of amides is 1. The summed E-state index contributed by atoms with van der Waals surface area (Å²) in [4.78, 5) is 25.8. The maximum absolute atomic E-state index is 13.2. The standard InChI is InChI=1S/C21H31NO6S/c1-18(2,3)27-16(23)21(22-17(24)28-19(4,5)6)13-20(21,14-29(7,25)26)15-11-9-8-10-12-15/h8-12H,13-14H2,1-7H3,(H,22,24). The molecule has 1 aliphatic rings. The predicted octanol–water partition coefficient (Wildman–Crippen LogP) is 2.98. The normalized spacial score (nSPS) is 24.5. The van der Waals surface area contributed by atoms with E-state index in [2.05, 4.69) is 5.32 Å². The summed E-state index contributed by atoms with van der Waals surface area (Å²) in [6, 6.07) is 8.86. The van der Waals surface area contributed by atoms with E-state index < -0.39 is 44.1 Å². The number of rotatable bonds is 5. The van der Waals surface area contributed by atoms with Crippen molar-refractivity contribution in [3.8, 4) is 0 Å². The highest BCUT2D eigenvalue weighted by molar-refractivity contribution is 7.90. The number of alkyl carbamates (subject to hydrolysis) is 1. The van der Waals surface area contributed by atoms with E-state index in [4.69, 9.17) is 9.47 Å². The lowest BCUT2D eigenvalue weighted by Gasteiger charge is -2.30. The largest absolute Gasteiger partial charge is 0.458 e. The summed E-state index contributed by atoms with van der Waals surface area (Å²) >= 11 is 0. The number of hydrogen-bond acceptors (Lipinski definition) is 6. The van der Waals surface area contributed by atoms with Gasteiger partial charge in [-0.15, -0.1) is 0 Å². The monoisotopic (exact) mass is 425 g/mol. The van der Waals surface area contributed by atoms with E-state index in [1.54, 1.807) is 71.9 Å². The molecule has 0 aromatic heterocycles. The second kappa shape index (κ2) is 7.31. The molecule has 1 amide bonds. The molecular weight excluding hydrogens is 394 g/mol. The molecule has 0 radical (unpaired) electrons. The molecule has 1 aromatic carbocycles. The van der Waals surface area contributed by atoms with Crippen LogP contribution in [0.4, 0.5) is 4.79 Å². The van der Waals surface area contributed by atoms with E-state index >= 15 is 0 Å². The quantitative estimate of drug-likeness (QED) is 0.728. The highest BCUT2D eigenvalue weighted by Gasteiger charge is 2.76. The van der Waals surface area contributed by atoms with E-state index in [9.17, 15) is 18.0 Å². The number of ether oxygens (including phenoxy) is 2. The van der Waals surface area contributed by atoms with Crippen LogP contribution in [0.5, 0.6) is 0 Å². The van der Waals surface area contributed by atoms with Crippen LogP contribution in [0, 0.1) is 0 Å². The molecule has 1 fully saturated rings. The summed E-state index contributed by atoms with van der Waals surface area (Å²) in [6.07, 6.45) is 0.420. The van der Waals surface area contributed by atoms with Gasteiger partial charge in [-0.1, -0.05) is 30.3 Å². The topological polar surface area (TPSA) is 98.8 Å². The molecule has 1 aromatic rings. The molecule has 0 heterocycles. The summed E-state index contributed by atoms with van der Waals surface area (Å²) in [5, 5.41) is 2.66. The molecule has 162 valence electrons. The molecule has 1 aliphatic carbocycles. The molecule has 0 bridgehead atoms. The first-order valence-electron chi connectivity index (χ1n) is 9.48. The number of hydrogen-bond donors (Lipinski definition) is 1. The smallest absolute Gasteiger partial charge is 0.408 e. The maximum atomic E-state index is 13.2. The SMILES string of the molecule is CC(C)(C)OC(=O)NC1(C(=O)OC(C)(C)C)CC1(CS(C)(=O)=O)c1ccccc1. The van der Waals surface area contributed by atoms with Gasteiger partial charge in [-0.25, -0.2) is 18.0 Å². The van der Waals surface area contributed by atoms with E-state index in [1.807, 2.05) is 0 Å². The van der Waals surface area contributed by atoms with Crippen LogP contribution >= 0.6 is 0 Å². The Morgan fingerprint density at radius 3 is 1.97 bits per heavy atom. The van der Waals surface area contributed by atoms with Crippen LogP contribution in [0.3, 0.4) is 0 Å². The third kappa shape index (κ3) is 5.50. The van der Waals surface area contributed by atoms with Gasteiger partial charge in [-0.3, -0.25) is 0 Å². The fourth-order valence-electron chi connectivity index (χ4n) is 3.54. The molecule has 8 heteroatoms. The second-order valence-corrected chi connectivity index (χ2v) is 11.9. The zero-order valence-electron chi connectivity index (χ0n) is 18.2. The fourth-order valence-corrected chi connectivity index (χ4v) is 4.96. The number of carbonyl (C=O) groups is 2. The van der Waals surface area contributed by atoms with Crippen LogP contribution in [0.1, 0.15) is 53.5 Å². The number of carbonyl (C=O) groups excluding carboxylic acids is 2. The molecule has 29 heavy (non-hydrogen) atoms. The molecule has 2 unspecified atom stereocenters. The fraction of sp³-hybridized carbons (Fsp3) is 0.619. The first kappa shape index (κ1) is 23.2. The number of nitrogens with one attached hydrogen (secondary N) is 1. The van der Waals surface area contributed by atoms with Crippen LogP contribution < -0.4 is 5.32 Å². The molecule has 0 aliphatic heterocycles. The first-order valence-corrected chi connectivity index (χ1v) is 11.5. The molecule has 1 N–H and O–H groups in total. The summed E-state index contributed by atoms with van der Waals surface area (Å²) in [6.45, 7) is 10.3. The Labute approximate surface area is 173 Å². The van der Waals surface area contributed by atoms with Crippen molar-refractivity contribution in [2.24, 2.45) is 0 Å². The Morgan fingerprint density at radius 1 is 1.00 bits per heavy atom. The van der Waals surface area contributed by atoms with Crippen molar-refractivity contribution in [3.05, 3.63) is 35.9 Å². The first-order chi connectivity index (χ1) is 13.0. The Balaban J connectivity index is 2.54. The number of benzene rings is 1. The van der Waals surface area contributed by atoms with Gasteiger partial charge in [-0.05, 0) is 53.5 Å². The van der Waals surface area contributed by atoms with Crippen molar-refractivity contribution in [3.63, 3.8) is 0 Å². The zero-order valence-corrected chi connectivity index (χ0v) is 19.0. The maximum Gasteiger partial charge on any atom is 0.408 e. The van der Waals surface area contributed by atoms with Crippen molar-refractivity contribution in [2.75, 3.05) is 12.0 Å². The van der Waals surface area contributed by atoms with Crippen molar-refractivity contribution in [1.82, 2.24) is 5.32 Å². The molecule has 7 nitrogen and oxygen atoms in total. The van der Waals surface area contributed by atoms with Crippen molar-refractivity contribution >= 4 is 21.9 Å². The third-order valence-electron chi connectivity index (χ3n) is 4.56. The average Bonchev–Trinajstić information content (AvgIpc) is 3.11. The molecule has 0 saturated heterocycles.